The maximum Gasteiger partial charge on any atom is 0.191 e. The van der Waals surface area contributed by atoms with Crippen molar-refractivity contribution in [3.63, 3.8) is 0 Å². The molecular formula is C19H30N4O. The van der Waals surface area contributed by atoms with Gasteiger partial charge >= 0.3 is 0 Å². The third-order valence-corrected chi connectivity index (χ3v) is 4.12. The lowest BCUT2D eigenvalue weighted by molar-refractivity contribution is 0.221. The number of piperidine rings is 1. The molecule has 132 valence electrons. The van der Waals surface area contributed by atoms with Crippen LogP contribution in [0.4, 0.5) is 0 Å². The van der Waals surface area contributed by atoms with Gasteiger partial charge in [0, 0.05) is 32.2 Å². The highest BCUT2D eigenvalue weighted by atomic mass is 16.3. The van der Waals surface area contributed by atoms with Gasteiger partial charge in [-0.05, 0) is 44.4 Å². The minimum absolute atomic E-state index is 0.286. The third-order valence-electron chi connectivity index (χ3n) is 4.12. The summed E-state index contributed by atoms with van der Waals surface area (Å²) in [6.07, 6.45) is 2.24. The van der Waals surface area contributed by atoms with Crippen molar-refractivity contribution >= 4 is 5.96 Å². The van der Waals surface area contributed by atoms with Crippen LogP contribution in [0.1, 0.15) is 32.3 Å². The molecule has 0 aromatic heterocycles. The van der Waals surface area contributed by atoms with Gasteiger partial charge in [-0.25, -0.2) is 4.99 Å². The van der Waals surface area contributed by atoms with Crippen molar-refractivity contribution in [2.24, 2.45) is 4.99 Å². The van der Waals surface area contributed by atoms with Crippen LogP contribution in [-0.2, 0) is 6.54 Å². The highest BCUT2D eigenvalue weighted by Crippen LogP contribution is 2.12. The molecule has 1 aliphatic rings. The first-order chi connectivity index (χ1) is 11.6. The Hall–Kier alpha value is -2.01. The van der Waals surface area contributed by atoms with Crippen molar-refractivity contribution in [2.45, 2.75) is 39.3 Å². The van der Waals surface area contributed by atoms with E-state index in [9.17, 15) is 5.11 Å². The minimum atomic E-state index is 0.286. The van der Waals surface area contributed by atoms with Gasteiger partial charge in [-0.1, -0.05) is 24.3 Å². The van der Waals surface area contributed by atoms with Crippen molar-refractivity contribution in [3.05, 3.63) is 42.0 Å². The molecule has 1 aromatic rings. The van der Waals surface area contributed by atoms with Gasteiger partial charge in [0.05, 0.1) is 6.54 Å². The highest BCUT2D eigenvalue weighted by Gasteiger charge is 2.19. The van der Waals surface area contributed by atoms with E-state index in [1.54, 1.807) is 12.1 Å². The topological polar surface area (TPSA) is 59.9 Å². The van der Waals surface area contributed by atoms with Gasteiger partial charge < -0.3 is 15.7 Å². The van der Waals surface area contributed by atoms with Crippen LogP contribution < -0.4 is 10.6 Å². The number of aliphatic imine (C=N–C) groups is 1. The number of nitrogens with one attached hydrogen (secondary N) is 2. The molecule has 1 aliphatic heterocycles. The summed E-state index contributed by atoms with van der Waals surface area (Å²) in [6.45, 7) is 12.8. The molecule has 0 radical (unpaired) electrons. The maximum atomic E-state index is 9.34. The van der Waals surface area contributed by atoms with Gasteiger partial charge in [-0.2, -0.15) is 0 Å². The van der Waals surface area contributed by atoms with E-state index in [4.69, 9.17) is 0 Å². The van der Waals surface area contributed by atoms with Gasteiger partial charge in [-0.3, -0.25) is 4.90 Å². The van der Waals surface area contributed by atoms with Gasteiger partial charge in [0.15, 0.2) is 5.96 Å². The van der Waals surface area contributed by atoms with Gasteiger partial charge in [0.25, 0.3) is 0 Å². The number of hydrogen-bond donors (Lipinski definition) is 3. The predicted octanol–water partition coefficient (Wildman–Crippen LogP) is 2.49. The Morgan fingerprint density at radius 2 is 1.96 bits per heavy atom. The number of benzene rings is 1. The standard InChI is InChI=1S/C19H30N4O/c1-4-20-19(21-13-16-5-7-18(24)8-6-16)22-17-9-11-23(12-10-17)14-15(2)3/h5-8,17,24H,2,4,9-14H2,1,3H3,(H2,20,21,22). The number of guanidine groups is 1. The van der Waals surface area contributed by atoms with Gasteiger partial charge in [0.1, 0.15) is 5.75 Å². The van der Waals surface area contributed by atoms with Crippen molar-refractivity contribution < 1.29 is 5.11 Å². The van der Waals surface area contributed by atoms with Crippen LogP contribution in [0.3, 0.4) is 0 Å². The zero-order valence-electron chi connectivity index (χ0n) is 14.9. The van der Waals surface area contributed by atoms with Crippen LogP contribution in [0.15, 0.2) is 41.4 Å². The average Bonchev–Trinajstić information content (AvgIpc) is 2.55. The summed E-state index contributed by atoms with van der Waals surface area (Å²) in [5.74, 6) is 1.15. The van der Waals surface area contributed by atoms with E-state index in [-0.39, 0.29) is 5.75 Å². The molecule has 2 rings (SSSR count). The number of aromatic hydroxyl groups is 1. The largest absolute Gasteiger partial charge is 0.508 e. The first-order valence-electron chi connectivity index (χ1n) is 8.76. The summed E-state index contributed by atoms with van der Waals surface area (Å²) in [6, 6.07) is 7.66. The smallest absolute Gasteiger partial charge is 0.191 e. The molecule has 1 aromatic carbocycles. The van der Waals surface area contributed by atoms with E-state index in [0.717, 1.165) is 50.5 Å². The molecule has 24 heavy (non-hydrogen) atoms. The molecule has 1 fully saturated rings. The van der Waals surface area contributed by atoms with Crippen molar-refractivity contribution in [1.82, 2.24) is 15.5 Å². The van der Waals surface area contributed by atoms with E-state index < -0.39 is 0 Å². The third kappa shape index (κ3) is 6.24. The summed E-state index contributed by atoms with van der Waals surface area (Å²) in [4.78, 5) is 7.12. The molecule has 0 aliphatic carbocycles. The Balaban J connectivity index is 1.85. The number of rotatable bonds is 6. The van der Waals surface area contributed by atoms with E-state index in [1.807, 2.05) is 12.1 Å². The van der Waals surface area contributed by atoms with Gasteiger partial charge in [-0.15, -0.1) is 0 Å². The molecule has 5 heteroatoms. The van der Waals surface area contributed by atoms with Crippen LogP contribution in [0.5, 0.6) is 5.75 Å². The minimum Gasteiger partial charge on any atom is -0.508 e. The first kappa shape index (κ1) is 18.3. The molecule has 0 bridgehead atoms. The molecule has 0 saturated carbocycles. The Morgan fingerprint density at radius 1 is 1.29 bits per heavy atom. The molecule has 1 saturated heterocycles. The second-order valence-electron chi connectivity index (χ2n) is 6.51. The van der Waals surface area contributed by atoms with E-state index in [2.05, 4.69) is 41.0 Å². The second kappa shape index (κ2) is 9.33. The molecule has 0 spiro atoms. The van der Waals surface area contributed by atoms with Crippen molar-refractivity contribution in [1.29, 1.82) is 0 Å². The van der Waals surface area contributed by atoms with Crippen LogP contribution in [0.2, 0.25) is 0 Å². The van der Waals surface area contributed by atoms with Crippen LogP contribution in [0, 0.1) is 0 Å². The Bertz CT molecular complexity index is 545. The second-order valence-corrected chi connectivity index (χ2v) is 6.51. The number of phenolic OH excluding ortho intramolecular Hbond substituents is 1. The first-order valence-corrected chi connectivity index (χ1v) is 8.76. The summed E-state index contributed by atoms with van der Waals surface area (Å²) in [5, 5.41) is 16.2. The lowest BCUT2D eigenvalue weighted by Crippen LogP contribution is -2.48. The van der Waals surface area contributed by atoms with E-state index in [1.165, 1.54) is 5.57 Å². The van der Waals surface area contributed by atoms with Gasteiger partial charge in [0.2, 0.25) is 0 Å². The Kier molecular flexibility index (Phi) is 7.12. The predicted molar refractivity (Wildman–Crippen MR) is 100 cm³/mol. The quantitative estimate of drug-likeness (QED) is 0.426. The van der Waals surface area contributed by atoms with Crippen molar-refractivity contribution in [2.75, 3.05) is 26.2 Å². The Labute approximate surface area is 145 Å². The Morgan fingerprint density at radius 3 is 2.54 bits per heavy atom. The molecule has 3 N–H and O–H groups in total. The summed E-state index contributed by atoms with van der Waals surface area (Å²) in [7, 11) is 0. The molecule has 0 amide bonds. The zero-order chi connectivity index (χ0) is 17.4. The van der Waals surface area contributed by atoms with Crippen LogP contribution in [-0.4, -0.2) is 48.2 Å². The number of hydrogen-bond acceptors (Lipinski definition) is 3. The lowest BCUT2D eigenvalue weighted by atomic mass is 10.0. The maximum absolute atomic E-state index is 9.34. The monoisotopic (exact) mass is 330 g/mol. The number of phenols is 1. The molecule has 1 heterocycles. The number of nitrogens with zero attached hydrogens (tertiary/aromatic N) is 2. The molecule has 0 atom stereocenters. The van der Waals surface area contributed by atoms with Crippen LogP contribution in [0.25, 0.3) is 0 Å². The van der Waals surface area contributed by atoms with E-state index in [0.29, 0.717) is 12.6 Å². The fourth-order valence-corrected chi connectivity index (χ4v) is 2.90. The zero-order valence-corrected chi connectivity index (χ0v) is 14.9. The molecule has 0 unspecified atom stereocenters. The normalized spacial score (nSPS) is 16.8. The number of likely N-dealkylation sites (tertiary alicyclic amines) is 1. The highest BCUT2D eigenvalue weighted by molar-refractivity contribution is 5.80. The SMILES string of the molecule is C=C(C)CN1CCC(NC(=NCc2ccc(O)cc2)NCC)CC1. The molecular weight excluding hydrogens is 300 g/mol. The lowest BCUT2D eigenvalue weighted by Gasteiger charge is -2.33. The summed E-state index contributed by atoms with van der Waals surface area (Å²) < 4.78 is 0. The average molecular weight is 330 g/mol. The van der Waals surface area contributed by atoms with Crippen molar-refractivity contribution in [3.8, 4) is 5.75 Å². The fourth-order valence-electron chi connectivity index (χ4n) is 2.90. The molecule has 5 nitrogen and oxygen atoms in total. The van der Waals surface area contributed by atoms with E-state index >= 15 is 0 Å². The van der Waals surface area contributed by atoms with Crippen LogP contribution >= 0.6 is 0 Å². The fraction of sp³-hybridized carbons (Fsp3) is 0.526. The summed E-state index contributed by atoms with van der Waals surface area (Å²) >= 11 is 0. The summed E-state index contributed by atoms with van der Waals surface area (Å²) in [5.41, 5.74) is 2.31.